The summed E-state index contributed by atoms with van der Waals surface area (Å²) in [7, 11) is 0. The molecule has 0 amide bonds. The molecule has 0 saturated heterocycles. The van der Waals surface area contributed by atoms with Gasteiger partial charge in [0, 0.05) is 6.42 Å². The van der Waals surface area contributed by atoms with E-state index in [1.165, 1.54) is 0 Å². The van der Waals surface area contributed by atoms with E-state index >= 15 is 0 Å². The van der Waals surface area contributed by atoms with Crippen LogP contribution in [0.5, 0.6) is 0 Å². The van der Waals surface area contributed by atoms with Crippen molar-refractivity contribution in [2.24, 2.45) is 0 Å². The number of carbonyl (C=O) groups is 1. The van der Waals surface area contributed by atoms with Crippen LogP contribution in [0.15, 0.2) is 11.6 Å². The molecule has 0 rings (SSSR count). The zero-order valence-corrected chi connectivity index (χ0v) is 9.58. The van der Waals surface area contributed by atoms with Crippen LogP contribution in [0.2, 0.25) is 0 Å². The molecule has 0 aliphatic heterocycles. The molecule has 0 aliphatic rings. The molecule has 0 radical (unpaired) electrons. The van der Waals surface area contributed by atoms with E-state index in [0.29, 0.717) is 6.54 Å². The summed E-state index contributed by atoms with van der Waals surface area (Å²) in [5.41, 5.74) is 0.0829. The second-order valence-corrected chi connectivity index (χ2v) is 3.39. The van der Waals surface area contributed by atoms with Gasteiger partial charge in [-0.05, 0) is 12.8 Å². The van der Waals surface area contributed by atoms with Gasteiger partial charge in [0.1, 0.15) is 5.57 Å². The molecule has 0 unspecified atom stereocenters. The molecule has 0 N–H and O–H groups in total. The maximum Gasteiger partial charge on any atom is 0.312 e. The molecule has 84 valence electrons. The molecular weight excluding hydrogens is 190 g/mol. The summed E-state index contributed by atoms with van der Waals surface area (Å²) >= 11 is 0. The van der Waals surface area contributed by atoms with Gasteiger partial charge in [-0.3, -0.25) is 0 Å². The van der Waals surface area contributed by atoms with Crippen molar-refractivity contribution in [3.05, 3.63) is 16.5 Å². The molecule has 0 spiro atoms. The number of hydrogen-bond donors (Lipinski definition) is 0. The van der Waals surface area contributed by atoms with Crippen molar-refractivity contribution < 1.29 is 9.90 Å². The maximum atomic E-state index is 10.7. The van der Waals surface area contributed by atoms with E-state index < -0.39 is 5.97 Å². The first-order chi connectivity index (χ1) is 7.22. The predicted octanol–water partition coefficient (Wildman–Crippen LogP) is 1.99. The van der Waals surface area contributed by atoms with Crippen molar-refractivity contribution in [1.29, 1.82) is 0 Å². The lowest BCUT2D eigenvalue weighted by Crippen LogP contribution is -2.23. The first kappa shape index (κ1) is 13.7. The molecule has 0 aliphatic carbocycles. The summed E-state index contributed by atoms with van der Waals surface area (Å²) in [5.74, 6) is -1.19. The number of rotatable bonds is 6. The third-order valence-electron chi connectivity index (χ3n) is 1.95. The normalized spacial score (nSPS) is 10.7. The number of unbranched alkanes of at least 4 members (excludes halogenated alkanes) is 3. The van der Waals surface area contributed by atoms with Crippen LogP contribution in [0.25, 0.3) is 4.85 Å². The number of carboxylic acid groups (broad SMARTS) is 1. The molecule has 15 heavy (non-hydrogen) atoms. The average Bonchev–Trinajstić information content (AvgIpc) is 2.21. The number of carboxylic acids is 1. The largest absolute Gasteiger partial charge is 0.544 e. The van der Waals surface area contributed by atoms with Gasteiger partial charge in [0.25, 0.3) is 6.54 Å². The molecule has 0 fully saturated rings. The Balaban J connectivity index is 4.18. The molecule has 0 aromatic rings. The van der Waals surface area contributed by atoms with Crippen molar-refractivity contribution in [1.82, 2.24) is 0 Å². The smallest absolute Gasteiger partial charge is 0.312 e. The van der Waals surface area contributed by atoms with Gasteiger partial charge >= 0.3 is 6.07 Å². The van der Waals surface area contributed by atoms with Gasteiger partial charge in [-0.2, -0.15) is 0 Å². The average molecular weight is 209 g/mol. The van der Waals surface area contributed by atoms with Gasteiger partial charge in [-0.15, -0.1) is 0 Å². The van der Waals surface area contributed by atoms with Crippen LogP contribution in [-0.2, 0) is 4.79 Å². The molecule has 0 atom stereocenters. The van der Waals surface area contributed by atoms with Crippen LogP contribution in [0, 0.1) is 6.07 Å². The summed E-state index contributed by atoms with van der Waals surface area (Å²) < 4.78 is 0. The van der Waals surface area contributed by atoms with Gasteiger partial charge in [0.15, 0.2) is 0 Å². The number of hydrogen-bond acceptors (Lipinski definition) is 2. The highest BCUT2D eigenvalue weighted by Crippen LogP contribution is 2.00. The van der Waals surface area contributed by atoms with Gasteiger partial charge in [-0.1, -0.05) is 37.6 Å². The fourth-order valence-electron chi connectivity index (χ4n) is 1.00. The Morgan fingerprint density at radius 2 is 2.00 bits per heavy atom. The first-order valence-electron chi connectivity index (χ1n) is 5.56. The van der Waals surface area contributed by atoms with Crippen molar-refractivity contribution >= 4 is 5.97 Å². The molecule has 3 nitrogen and oxygen atoms in total. The minimum Gasteiger partial charge on any atom is -0.544 e. The van der Waals surface area contributed by atoms with Crippen LogP contribution >= 0.6 is 0 Å². The third-order valence-corrected chi connectivity index (χ3v) is 1.95. The van der Waals surface area contributed by atoms with E-state index in [1.807, 2.05) is 0 Å². The minimum atomic E-state index is -1.19. The second-order valence-electron chi connectivity index (χ2n) is 3.39. The van der Waals surface area contributed by atoms with Crippen molar-refractivity contribution in [3.8, 4) is 6.07 Å². The Kier molecular flexibility index (Phi) is 8.46. The highest BCUT2D eigenvalue weighted by Gasteiger charge is 2.00. The number of nitrogens with zero attached hydrogens (tertiary/aromatic N) is 1. The van der Waals surface area contributed by atoms with Crippen LogP contribution in [-0.4, -0.2) is 12.5 Å². The highest BCUT2D eigenvalue weighted by atomic mass is 16.4. The van der Waals surface area contributed by atoms with Crippen molar-refractivity contribution in [3.63, 3.8) is 0 Å². The van der Waals surface area contributed by atoms with Gasteiger partial charge < -0.3 is 9.90 Å². The van der Waals surface area contributed by atoms with Gasteiger partial charge in [0.2, 0.25) is 0 Å². The van der Waals surface area contributed by atoms with E-state index in [4.69, 9.17) is 0 Å². The maximum absolute atomic E-state index is 10.7. The molecule has 0 aromatic heterocycles. The zero-order chi connectivity index (χ0) is 11.5. The van der Waals surface area contributed by atoms with Gasteiger partial charge in [0.05, 0.1) is 5.97 Å². The SMILES string of the molecule is CCCCC=C(C#[N+]CCCC)C(=O)[O-]. The standard InChI is InChI=1S/C12H19NO2/c1-3-5-7-8-11(12(14)15)10-13-9-6-4-2/h8H,3-7,9H2,1-2H3. The Morgan fingerprint density at radius 3 is 2.53 bits per heavy atom. The lowest BCUT2D eigenvalue weighted by molar-refractivity contribution is -0.298. The number of allylic oxidation sites excluding steroid dienone is 1. The molecule has 0 heterocycles. The Hall–Kier alpha value is -1.30. The fourth-order valence-corrected chi connectivity index (χ4v) is 1.00. The van der Waals surface area contributed by atoms with Crippen molar-refractivity contribution in [2.75, 3.05) is 6.54 Å². The first-order valence-corrected chi connectivity index (χ1v) is 5.56. The molecular formula is C12H19NO2. The second kappa shape index (κ2) is 9.26. The summed E-state index contributed by atoms with van der Waals surface area (Å²) in [6, 6.07) is 2.54. The Morgan fingerprint density at radius 1 is 1.33 bits per heavy atom. The number of aliphatic carboxylic acids is 1. The van der Waals surface area contributed by atoms with Crippen LogP contribution in [0.1, 0.15) is 46.0 Å². The minimum absolute atomic E-state index is 0.0829. The Bertz CT molecular complexity index is 271. The zero-order valence-electron chi connectivity index (χ0n) is 9.58. The number of carbonyl (C=O) groups excluding carboxylic acids is 1. The molecule has 0 aromatic carbocycles. The van der Waals surface area contributed by atoms with E-state index in [1.54, 1.807) is 6.08 Å². The Labute approximate surface area is 91.6 Å². The topological polar surface area (TPSA) is 44.5 Å². The molecule has 0 saturated carbocycles. The van der Waals surface area contributed by atoms with Gasteiger partial charge in [-0.25, -0.2) is 0 Å². The lowest BCUT2D eigenvalue weighted by atomic mass is 10.2. The summed E-state index contributed by atoms with van der Waals surface area (Å²) in [5, 5.41) is 10.7. The highest BCUT2D eigenvalue weighted by molar-refractivity contribution is 5.89. The van der Waals surface area contributed by atoms with Crippen LogP contribution in [0.4, 0.5) is 0 Å². The summed E-state index contributed by atoms with van der Waals surface area (Å²) in [6.07, 6.45) is 6.41. The van der Waals surface area contributed by atoms with E-state index in [2.05, 4.69) is 24.8 Å². The van der Waals surface area contributed by atoms with Crippen LogP contribution < -0.4 is 5.11 Å². The van der Waals surface area contributed by atoms with Crippen molar-refractivity contribution in [2.45, 2.75) is 46.0 Å². The monoisotopic (exact) mass is 209 g/mol. The lowest BCUT2D eigenvalue weighted by Gasteiger charge is -1.95. The molecule has 0 bridgehead atoms. The fraction of sp³-hybridized carbons (Fsp3) is 0.667. The quantitative estimate of drug-likeness (QED) is 0.381. The molecule has 3 heteroatoms. The summed E-state index contributed by atoms with van der Waals surface area (Å²) in [6.45, 7) is 4.76. The van der Waals surface area contributed by atoms with E-state index in [-0.39, 0.29) is 5.57 Å². The van der Waals surface area contributed by atoms with E-state index in [0.717, 1.165) is 32.1 Å². The predicted molar refractivity (Wildman–Crippen MR) is 59.6 cm³/mol. The third kappa shape index (κ3) is 7.75. The van der Waals surface area contributed by atoms with E-state index in [9.17, 15) is 9.90 Å². The van der Waals surface area contributed by atoms with Crippen LogP contribution in [0.3, 0.4) is 0 Å². The summed E-state index contributed by atoms with van der Waals surface area (Å²) in [4.78, 5) is 14.6.